The Morgan fingerprint density at radius 1 is 0.824 bits per heavy atom. The second-order valence-electron chi connectivity index (χ2n) is 6.72. The molecular formula is C17H30. The molecular weight excluding hydrogens is 204 g/mol. The third-order valence-corrected chi connectivity index (χ3v) is 5.34. The van der Waals surface area contributed by atoms with Gasteiger partial charge in [0, 0.05) is 0 Å². The van der Waals surface area contributed by atoms with Crippen LogP contribution < -0.4 is 0 Å². The molecule has 0 amide bonds. The highest BCUT2D eigenvalue weighted by molar-refractivity contribution is 4.84. The molecule has 2 fully saturated rings. The minimum Gasteiger partial charge on any atom is -0.103 e. The zero-order valence-electron chi connectivity index (χ0n) is 11.7. The lowest BCUT2D eigenvalue weighted by atomic mass is 9.76. The first-order chi connectivity index (χ1) is 8.28. The van der Waals surface area contributed by atoms with Crippen molar-refractivity contribution in [1.82, 2.24) is 0 Å². The molecule has 98 valence electrons. The summed E-state index contributed by atoms with van der Waals surface area (Å²) in [7, 11) is 0. The van der Waals surface area contributed by atoms with Crippen molar-refractivity contribution in [3.05, 3.63) is 12.7 Å². The van der Waals surface area contributed by atoms with E-state index >= 15 is 0 Å². The normalized spacial score (nSPS) is 38.9. The van der Waals surface area contributed by atoms with Crippen molar-refractivity contribution in [2.24, 2.45) is 23.7 Å². The summed E-state index contributed by atoms with van der Waals surface area (Å²) in [6, 6.07) is 0. The van der Waals surface area contributed by atoms with Gasteiger partial charge in [0.05, 0.1) is 0 Å². The van der Waals surface area contributed by atoms with Crippen LogP contribution in [-0.2, 0) is 0 Å². The maximum Gasteiger partial charge on any atom is -0.0236 e. The lowest BCUT2D eigenvalue weighted by Gasteiger charge is -2.30. The van der Waals surface area contributed by atoms with Crippen LogP contribution in [0.2, 0.25) is 0 Å². The van der Waals surface area contributed by atoms with Crippen molar-refractivity contribution in [3.63, 3.8) is 0 Å². The van der Waals surface area contributed by atoms with Crippen LogP contribution in [0.5, 0.6) is 0 Å². The third-order valence-electron chi connectivity index (χ3n) is 5.34. The Morgan fingerprint density at radius 3 is 1.76 bits per heavy atom. The van der Waals surface area contributed by atoms with Crippen molar-refractivity contribution < 1.29 is 0 Å². The molecule has 0 aromatic heterocycles. The molecule has 0 bridgehead atoms. The predicted octanol–water partition coefficient (Wildman–Crippen LogP) is 5.59. The molecule has 2 saturated carbocycles. The Balaban J connectivity index is 1.61. The second kappa shape index (κ2) is 6.61. The first-order valence-corrected chi connectivity index (χ1v) is 7.90. The van der Waals surface area contributed by atoms with Crippen LogP contribution >= 0.6 is 0 Å². The van der Waals surface area contributed by atoms with Gasteiger partial charge in [-0.25, -0.2) is 0 Å². The summed E-state index contributed by atoms with van der Waals surface area (Å²) in [6.45, 7) is 6.36. The van der Waals surface area contributed by atoms with Gasteiger partial charge in [0.1, 0.15) is 0 Å². The molecule has 0 aromatic rings. The van der Waals surface area contributed by atoms with Crippen molar-refractivity contribution in [3.8, 4) is 0 Å². The molecule has 0 unspecified atom stereocenters. The lowest BCUT2D eigenvalue weighted by Crippen LogP contribution is -2.16. The van der Waals surface area contributed by atoms with E-state index in [4.69, 9.17) is 0 Å². The van der Waals surface area contributed by atoms with Gasteiger partial charge in [0.2, 0.25) is 0 Å². The van der Waals surface area contributed by atoms with E-state index in [1.54, 1.807) is 0 Å². The van der Waals surface area contributed by atoms with Crippen LogP contribution in [-0.4, -0.2) is 0 Å². The first-order valence-electron chi connectivity index (χ1n) is 7.90. The molecule has 0 spiro atoms. The van der Waals surface area contributed by atoms with E-state index in [0.29, 0.717) is 0 Å². The van der Waals surface area contributed by atoms with Crippen molar-refractivity contribution >= 4 is 0 Å². The molecule has 0 aliphatic heterocycles. The van der Waals surface area contributed by atoms with Gasteiger partial charge in [-0.1, -0.05) is 51.5 Å². The molecule has 0 atom stereocenters. The summed E-state index contributed by atoms with van der Waals surface area (Å²) in [5, 5.41) is 0. The summed E-state index contributed by atoms with van der Waals surface area (Å²) in [6.07, 6.45) is 17.0. The molecule has 0 aromatic carbocycles. The Hall–Kier alpha value is -0.260. The van der Waals surface area contributed by atoms with Gasteiger partial charge in [0.15, 0.2) is 0 Å². The summed E-state index contributed by atoms with van der Waals surface area (Å²) < 4.78 is 0. The van der Waals surface area contributed by atoms with Gasteiger partial charge >= 0.3 is 0 Å². The average Bonchev–Trinajstić information content (AvgIpc) is 2.39. The molecule has 0 N–H and O–H groups in total. The third kappa shape index (κ3) is 4.16. The first kappa shape index (κ1) is 13.2. The Kier molecular flexibility index (Phi) is 5.13. The van der Waals surface area contributed by atoms with Crippen LogP contribution in [0.25, 0.3) is 0 Å². The maximum absolute atomic E-state index is 3.94. The zero-order chi connectivity index (χ0) is 12.1. The topological polar surface area (TPSA) is 0 Å². The molecule has 0 heteroatoms. The van der Waals surface area contributed by atoms with E-state index in [1.165, 1.54) is 64.2 Å². The van der Waals surface area contributed by atoms with Crippen LogP contribution in [0, 0.1) is 23.7 Å². The van der Waals surface area contributed by atoms with E-state index in [-0.39, 0.29) is 0 Å². The fourth-order valence-electron chi connectivity index (χ4n) is 3.80. The highest BCUT2D eigenvalue weighted by atomic mass is 14.3. The second-order valence-corrected chi connectivity index (χ2v) is 6.72. The number of allylic oxidation sites excluding steroid dienone is 1. The Morgan fingerprint density at radius 2 is 1.29 bits per heavy atom. The standard InChI is InChI=1S/C17H30/c1-3-15-8-10-17(11-9-15)13-12-16-6-4-14(2)5-7-16/h3,14-17H,1,4-13H2,2H3. The number of rotatable bonds is 4. The van der Waals surface area contributed by atoms with Gasteiger partial charge in [-0.3, -0.25) is 0 Å². The minimum absolute atomic E-state index is 0.835. The highest BCUT2D eigenvalue weighted by Crippen LogP contribution is 2.36. The predicted molar refractivity (Wildman–Crippen MR) is 76.0 cm³/mol. The molecule has 2 aliphatic carbocycles. The quantitative estimate of drug-likeness (QED) is 0.557. The largest absolute Gasteiger partial charge is 0.103 e. The summed E-state index contributed by atoms with van der Waals surface area (Å²) in [4.78, 5) is 0. The molecule has 0 nitrogen and oxygen atoms in total. The molecule has 17 heavy (non-hydrogen) atoms. The van der Waals surface area contributed by atoms with Gasteiger partial charge < -0.3 is 0 Å². The van der Waals surface area contributed by atoms with Crippen LogP contribution in [0.15, 0.2) is 12.7 Å². The molecule has 2 rings (SSSR count). The van der Waals surface area contributed by atoms with Crippen LogP contribution in [0.3, 0.4) is 0 Å². The lowest BCUT2D eigenvalue weighted by molar-refractivity contribution is 0.233. The highest BCUT2D eigenvalue weighted by Gasteiger charge is 2.22. The average molecular weight is 234 g/mol. The van der Waals surface area contributed by atoms with Crippen molar-refractivity contribution in [2.45, 2.75) is 71.1 Å². The van der Waals surface area contributed by atoms with E-state index in [0.717, 1.165) is 23.7 Å². The van der Waals surface area contributed by atoms with Gasteiger partial charge in [-0.05, 0) is 49.4 Å². The fraction of sp³-hybridized carbons (Fsp3) is 0.882. The Labute approximate surface area is 108 Å². The Bertz CT molecular complexity index is 214. The maximum atomic E-state index is 3.94. The molecule has 0 radical (unpaired) electrons. The minimum atomic E-state index is 0.835. The smallest absolute Gasteiger partial charge is 0.0236 e. The van der Waals surface area contributed by atoms with E-state index in [1.807, 2.05) is 0 Å². The van der Waals surface area contributed by atoms with Crippen LogP contribution in [0.1, 0.15) is 71.1 Å². The van der Waals surface area contributed by atoms with E-state index in [2.05, 4.69) is 19.6 Å². The summed E-state index contributed by atoms with van der Waals surface area (Å²) in [5.41, 5.74) is 0. The number of hydrogen-bond donors (Lipinski definition) is 0. The van der Waals surface area contributed by atoms with E-state index in [9.17, 15) is 0 Å². The molecule has 0 saturated heterocycles. The molecule has 0 heterocycles. The van der Waals surface area contributed by atoms with Gasteiger partial charge in [0.25, 0.3) is 0 Å². The van der Waals surface area contributed by atoms with Gasteiger partial charge in [-0.2, -0.15) is 0 Å². The monoisotopic (exact) mass is 234 g/mol. The van der Waals surface area contributed by atoms with Crippen molar-refractivity contribution in [2.75, 3.05) is 0 Å². The zero-order valence-corrected chi connectivity index (χ0v) is 11.7. The fourth-order valence-corrected chi connectivity index (χ4v) is 3.80. The van der Waals surface area contributed by atoms with Crippen LogP contribution in [0.4, 0.5) is 0 Å². The number of hydrogen-bond acceptors (Lipinski definition) is 0. The van der Waals surface area contributed by atoms with Crippen molar-refractivity contribution in [1.29, 1.82) is 0 Å². The molecule has 2 aliphatic rings. The van der Waals surface area contributed by atoms with E-state index < -0.39 is 0 Å². The summed E-state index contributed by atoms with van der Waals surface area (Å²) >= 11 is 0. The van der Waals surface area contributed by atoms with Gasteiger partial charge in [-0.15, -0.1) is 6.58 Å². The summed E-state index contributed by atoms with van der Waals surface area (Å²) in [5.74, 6) is 3.96. The SMILES string of the molecule is C=CC1CCC(CCC2CCC(C)CC2)CC1.